The molecule has 0 spiro atoms. The van der Waals surface area contributed by atoms with Gasteiger partial charge in [0.2, 0.25) is 5.76 Å². The van der Waals surface area contributed by atoms with Crippen LogP contribution in [0.2, 0.25) is 0 Å². The summed E-state index contributed by atoms with van der Waals surface area (Å²) in [6, 6.07) is 4.88. The number of aldehydes is 1. The number of ether oxygens (including phenoxy) is 1. The number of fused-ring (bicyclic) bond motifs is 1. The second-order valence-corrected chi connectivity index (χ2v) is 6.70. The number of anilines is 1. The molecule has 7 nitrogen and oxygen atoms in total. The molecule has 1 saturated carbocycles. The minimum Gasteiger partial charge on any atom is -0.460 e. The number of nitrogens with zero attached hydrogens (tertiary/aromatic N) is 3. The van der Waals surface area contributed by atoms with Gasteiger partial charge in [-0.05, 0) is 18.6 Å². The van der Waals surface area contributed by atoms with Gasteiger partial charge in [-0.2, -0.15) is 0 Å². The first-order valence-electron chi connectivity index (χ1n) is 8.64. The highest BCUT2D eigenvalue weighted by molar-refractivity contribution is 5.86. The van der Waals surface area contributed by atoms with E-state index in [0.29, 0.717) is 23.4 Å². The van der Waals surface area contributed by atoms with Gasteiger partial charge in [-0.25, -0.2) is 18.6 Å². The normalized spacial score (nSPS) is 22.4. The van der Waals surface area contributed by atoms with E-state index in [1.54, 1.807) is 24.0 Å². The molecular weight excluding hydrogens is 360 g/mol. The second-order valence-electron chi connectivity index (χ2n) is 6.70. The molecular formula is C18H17F2N3O4. The molecule has 1 aliphatic carbocycles. The van der Waals surface area contributed by atoms with Crippen LogP contribution in [0.4, 0.5) is 14.6 Å². The maximum Gasteiger partial charge on any atom is 0.377 e. The van der Waals surface area contributed by atoms with Crippen LogP contribution >= 0.6 is 0 Å². The lowest BCUT2D eigenvalue weighted by molar-refractivity contribution is 0.0479. The Morgan fingerprint density at radius 1 is 1.41 bits per heavy atom. The number of carbonyl (C=O) groups is 2. The Morgan fingerprint density at radius 2 is 2.15 bits per heavy atom. The van der Waals surface area contributed by atoms with Crippen LogP contribution in [0, 0.1) is 11.8 Å². The fraction of sp³-hybridized carbons (Fsp3) is 0.444. The molecule has 0 N–H and O–H groups in total. The quantitative estimate of drug-likeness (QED) is 0.564. The van der Waals surface area contributed by atoms with Crippen LogP contribution in [0.15, 0.2) is 22.7 Å². The standard InChI is InChI=1S/C18H17F2N3O4/c1-2-26-17(25)15-6-11(22-27-15)5-10-3-4-16(21-14(10)9-24)23-7-12-13(8-23)18(12,19)20/h3-4,6,9,12-13H,2,5,7-8H2,1H3. The number of pyridine rings is 1. The topological polar surface area (TPSA) is 85.5 Å². The summed E-state index contributed by atoms with van der Waals surface area (Å²) in [6.07, 6.45) is 0.865. The molecule has 2 aromatic heterocycles. The Balaban J connectivity index is 1.48. The lowest BCUT2D eigenvalue weighted by Crippen LogP contribution is -2.28. The fourth-order valence-electron chi connectivity index (χ4n) is 3.50. The van der Waals surface area contributed by atoms with E-state index in [1.165, 1.54) is 6.07 Å². The monoisotopic (exact) mass is 377 g/mol. The van der Waals surface area contributed by atoms with Gasteiger partial charge in [0, 0.05) is 25.6 Å². The predicted molar refractivity (Wildman–Crippen MR) is 89.0 cm³/mol. The fourth-order valence-corrected chi connectivity index (χ4v) is 3.50. The Morgan fingerprint density at radius 3 is 2.81 bits per heavy atom. The van der Waals surface area contributed by atoms with Crippen molar-refractivity contribution in [1.29, 1.82) is 0 Å². The second kappa shape index (κ2) is 6.40. The number of aromatic nitrogens is 2. The van der Waals surface area contributed by atoms with Crippen molar-refractivity contribution in [1.82, 2.24) is 10.1 Å². The van der Waals surface area contributed by atoms with Crippen molar-refractivity contribution in [3.63, 3.8) is 0 Å². The zero-order chi connectivity index (χ0) is 19.2. The van der Waals surface area contributed by atoms with E-state index in [4.69, 9.17) is 9.26 Å². The van der Waals surface area contributed by atoms with Gasteiger partial charge in [-0.1, -0.05) is 11.2 Å². The molecule has 2 atom stereocenters. The number of halogens is 2. The molecule has 2 unspecified atom stereocenters. The van der Waals surface area contributed by atoms with Gasteiger partial charge in [-0.15, -0.1) is 0 Å². The first kappa shape index (κ1) is 17.6. The van der Waals surface area contributed by atoms with Crippen molar-refractivity contribution in [3.8, 4) is 0 Å². The molecule has 1 aliphatic heterocycles. The molecule has 4 rings (SSSR count). The summed E-state index contributed by atoms with van der Waals surface area (Å²) >= 11 is 0. The average molecular weight is 377 g/mol. The van der Waals surface area contributed by atoms with E-state index in [0.717, 1.165) is 0 Å². The van der Waals surface area contributed by atoms with Gasteiger partial charge in [0.25, 0.3) is 5.92 Å². The smallest absolute Gasteiger partial charge is 0.377 e. The van der Waals surface area contributed by atoms with Crippen LogP contribution in [-0.4, -0.2) is 48.0 Å². The molecule has 9 heteroatoms. The Kier molecular flexibility index (Phi) is 4.16. The largest absolute Gasteiger partial charge is 0.460 e. The number of rotatable bonds is 6. The molecule has 2 aliphatic rings. The van der Waals surface area contributed by atoms with E-state index in [9.17, 15) is 18.4 Å². The maximum atomic E-state index is 13.3. The molecule has 0 aromatic carbocycles. The van der Waals surface area contributed by atoms with Gasteiger partial charge in [0.15, 0.2) is 6.29 Å². The van der Waals surface area contributed by atoms with Crippen molar-refractivity contribution in [3.05, 3.63) is 40.9 Å². The van der Waals surface area contributed by atoms with Crippen molar-refractivity contribution in [2.75, 3.05) is 24.6 Å². The van der Waals surface area contributed by atoms with Gasteiger partial charge in [0.05, 0.1) is 24.1 Å². The number of carbonyl (C=O) groups excluding carboxylic acids is 2. The van der Waals surface area contributed by atoms with Gasteiger partial charge in [-0.3, -0.25) is 4.79 Å². The number of esters is 1. The van der Waals surface area contributed by atoms with Crippen LogP contribution in [0.5, 0.6) is 0 Å². The molecule has 27 heavy (non-hydrogen) atoms. The van der Waals surface area contributed by atoms with Gasteiger partial charge >= 0.3 is 5.97 Å². The number of hydrogen-bond acceptors (Lipinski definition) is 7. The minimum absolute atomic E-state index is 0.0127. The summed E-state index contributed by atoms with van der Waals surface area (Å²) in [6.45, 7) is 2.40. The van der Waals surface area contributed by atoms with Crippen molar-refractivity contribution >= 4 is 18.1 Å². The predicted octanol–water partition coefficient (Wildman–Crippen LogP) is 2.35. The number of alkyl halides is 2. The Bertz CT molecular complexity index is 884. The van der Waals surface area contributed by atoms with Crippen LogP contribution in [0.1, 0.15) is 39.2 Å². The Labute approximate surface area is 153 Å². The highest BCUT2D eigenvalue weighted by Crippen LogP contribution is 2.59. The average Bonchev–Trinajstić information content (AvgIpc) is 3.11. The summed E-state index contributed by atoms with van der Waals surface area (Å²) < 4.78 is 36.5. The lowest BCUT2D eigenvalue weighted by atomic mass is 10.1. The molecule has 0 amide bonds. The highest BCUT2D eigenvalue weighted by atomic mass is 19.3. The maximum absolute atomic E-state index is 13.3. The molecule has 3 heterocycles. The first-order chi connectivity index (χ1) is 12.9. The summed E-state index contributed by atoms with van der Waals surface area (Å²) in [4.78, 5) is 29.1. The summed E-state index contributed by atoms with van der Waals surface area (Å²) in [5.74, 6) is -3.90. The van der Waals surface area contributed by atoms with E-state index < -0.39 is 23.7 Å². The molecule has 142 valence electrons. The SMILES string of the molecule is CCOC(=O)c1cc(Cc2ccc(N3CC4C(C3)C4(F)F)nc2C=O)no1. The first-order valence-corrected chi connectivity index (χ1v) is 8.64. The van der Waals surface area contributed by atoms with Crippen LogP contribution in [0.25, 0.3) is 0 Å². The number of hydrogen-bond donors (Lipinski definition) is 0. The van der Waals surface area contributed by atoms with Gasteiger partial charge in [0.1, 0.15) is 11.5 Å². The zero-order valence-electron chi connectivity index (χ0n) is 14.5. The van der Waals surface area contributed by atoms with Crippen LogP contribution < -0.4 is 4.90 Å². The lowest BCUT2D eigenvalue weighted by Gasteiger charge is -2.21. The molecule has 1 saturated heterocycles. The molecule has 0 bridgehead atoms. The summed E-state index contributed by atoms with van der Waals surface area (Å²) in [7, 11) is 0. The van der Waals surface area contributed by atoms with Gasteiger partial charge < -0.3 is 14.2 Å². The third-order valence-electron chi connectivity index (χ3n) is 5.04. The third-order valence-corrected chi connectivity index (χ3v) is 5.04. The summed E-state index contributed by atoms with van der Waals surface area (Å²) in [5.41, 5.74) is 1.27. The van der Waals surface area contributed by atoms with Crippen LogP contribution in [-0.2, 0) is 11.2 Å². The molecule has 2 aromatic rings. The van der Waals surface area contributed by atoms with Crippen LogP contribution in [0.3, 0.4) is 0 Å². The van der Waals surface area contributed by atoms with Crippen molar-refractivity contribution in [2.45, 2.75) is 19.3 Å². The highest BCUT2D eigenvalue weighted by Gasteiger charge is 2.71. The van der Waals surface area contributed by atoms with E-state index >= 15 is 0 Å². The van der Waals surface area contributed by atoms with E-state index in [1.807, 2.05) is 0 Å². The van der Waals surface area contributed by atoms with Crippen molar-refractivity contribution in [2.24, 2.45) is 11.8 Å². The van der Waals surface area contributed by atoms with E-state index in [2.05, 4.69) is 10.1 Å². The zero-order valence-corrected chi connectivity index (χ0v) is 14.5. The molecule has 0 radical (unpaired) electrons. The molecule has 2 fully saturated rings. The van der Waals surface area contributed by atoms with E-state index in [-0.39, 0.29) is 37.6 Å². The van der Waals surface area contributed by atoms with Crippen molar-refractivity contribution < 1.29 is 27.6 Å². The summed E-state index contributed by atoms with van der Waals surface area (Å²) in [5, 5.41) is 3.81. The minimum atomic E-state index is -2.56. The third kappa shape index (κ3) is 3.07. The Hall–Kier alpha value is -2.84. The number of piperidine rings is 1.